The maximum atomic E-state index is 12.4. The minimum Gasteiger partial charge on any atom is -0.326 e. The lowest BCUT2D eigenvalue weighted by Crippen LogP contribution is -2.67. The molecular formula is C20H18ClN3O3. The van der Waals surface area contributed by atoms with Crippen LogP contribution in [-0.2, 0) is 9.59 Å². The molecule has 0 radical (unpaired) electrons. The van der Waals surface area contributed by atoms with Gasteiger partial charge in [-0.3, -0.25) is 19.8 Å². The van der Waals surface area contributed by atoms with Gasteiger partial charge in [0.25, 0.3) is 11.8 Å². The van der Waals surface area contributed by atoms with Crippen LogP contribution in [0.4, 0.5) is 5.69 Å². The zero-order chi connectivity index (χ0) is 19.4. The van der Waals surface area contributed by atoms with Crippen molar-refractivity contribution >= 4 is 41.1 Å². The number of β-lactam (4-membered cyclic amide) rings is 1. The van der Waals surface area contributed by atoms with Crippen LogP contribution in [0.3, 0.4) is 0 Å². The minimum atomic E-state index is -0.715. The number of anilines is 1. The predicted octanol–water partition coefficient (Wildman–Crippen LogP) is 2.82. The number of nitrogens with one attached hydrogen (secondary N) is 2. The van der Waals surface area contributed by atoms with Crippen LogP contribution in [0.5, 0.6) is 0 Å². The van der Waals surface area contributed by atoms with Crippen molar-refractivity contribution in [1.29, 1.82) is 0 Å². The third-order valence-corrected chi connectivity index (χ3v) is 4.49. The van der Waals surface area contributed by atoms with E-state index in [1.807, 2.05) is 36.4 Å². The molecule has 0 aliphatic carbocycles. The van der Waals surface area contributed by atoms with E-state index < -0.39 is 17.3 Å². The Morgan fingerprint density at radius 2 is 1.74 bits per heavy atom. The Labute approximate surface area is 161 Å². The van der Waals surface area contributed by atoms with Gasteiger partial charge in [0.2, 0.25) is 5.91 Å². The van der Waals surface area contributed by atoms with Gasteiger partial charge in [-0.05, 0) is 29.8 Å². The third-order valence-electron chi connectivity index (χ3n) is 4.05. The molecule has 2 atom stereocenters. The zero-order valence-corrected chi connectivity index (χ0v) is 15.3. The number of alkyl halides is 1. The third kappa shape index (κ3) is 4.35. The molecule has 3 rings (SSSR count). The highest BCUT2D eigenvalue weighted by atomic mass is 35.5. The monoisotopic (exact) mass is 383 g/mol. The maximum Gasteiger partial charge on any atom is 0.269 e. The molecule has 3 amide bonds. The Balaban J connectivity index is 1.66. The number of hydrogen-bond acceptors (Lipinski definition) is 3. The lowest BCUT2D eigenvalue weighted by atomic mass is 10.0. The molecule has 1 aliphatic heterocycles. The van der Waals surface area contributed by atoms with Crippen molar-refractivity contribution in [1.82, 2.24) is 10.4 Å². The highest BCUT2D eigenvalue weighted by molar-refractivity contribution is 6.34. The first-order chi connectivity index (χ1) is 13.0. The second-order valence-electron chi connectivity index (χ2n) is 6.07. The molecule has 2 N–H and O–H groups in total. The van der Waals surface area contributed by atoms with Gasteiger partial charge in [0.15, 0.2) is 0 Å². The molecule has 27 heavy (non-hydrogen) atoms. The smallest absolute Gasteiger partial charge is 0.269 e. The predicted molar refractivity (Wildman–Crippen MR) is 104 cm³/mol. The Morgan fingerprint density at radius 3 is 2.37 bits per heavy atom. The summed E-state index contributed by atoms with van der Waals surface area (Å²) in [5.74, 6) is -0.985. The van der Waals surface area contributed by atoms with Gasteiger partial charge in [-0.1, -0.05) is 42.5 Å². The summed E-state index contributed by atoms with van der Waals surface area (Å²) in [6, 6.07) is 15.5. The van der Waals surface area contributed by atoms with Crippen LogP contribution in [-0.4, -0.2) is 34.1 Å². The summed E-state index contributed by atoms with van der Waals surface area (Å²) in [6.45, 7) is 1.40. The molecular weight excluding hydrogens is 366 g/mol. The summed E-state index contributed by atoms with van der Waals surface area (Å²) in [6.07, 6.45) is 3.64. The maximum absolute atomic E-state index is 12.4. The Morgan fingerprint density at radius 1 is 1.07 bits per heavy atom. The quantitative estimate of drug-likeness (QED) is 0.615. The largest absolute Gasteiger partial charge is 0.326 e. The molecule has 0 spiro atoms. The van der Waals surface area contributed by atoms with E-state index >= 15 is 0 Å². The molecule has 2 aromatic rings. The Hall–Kier alpha value is -3.12. The van der Waals surface area contributed by atoms with E-state index in [4.69, 9.17) is 11.6 Å². The number of carbonyl (C=O) groups is 3. The summed E-state index contributed by atoms with van der Waals surface area (Å²) in [7, 11) is 0. The number of halogens is 1. The van der Waals surface area contributed by atoms with Gasteiger partial charge in [-0.15, -0.1) is 11.6 Å². The van der Waals surface area contributed by atoms with Gasteiger partial charge in [0.1, 0.15) is 5.38 Å². The van der Waals surface area contributed by atoms with Gasteiger partial charge < -0.3 is 5.32 Å². The molecule has 0 saturated carbocycles. The second kappa shape index (κ2) is 8.05. The van der Waals surface area contributed by atoms with Crippen molar-refractivity contribution in [2.75, 3.05) is 5.32 Å². The number of hydrazine groups is 1. The fourth-order valence-corrected chi connectivity index (χ4v) is 2.95. The normalized spacial score (nSPS) is 18.9. The first-order valence-corrected chi connectivity index (χ1v) is 8.78. The van der Waals surface area contributed by atoms with Crippen LogP contribution in [0, 0.1) is 0 Å². The average molecular weight is 384 g/mol. The molecule has 0 aromatic heterocycles. The van der Waals surface area contributed by atoms with Crippen molar-refractivity contribution in [3.63, 3.8) is 0 Å². The lowest BCUT2D eigenvalue weighted by molar-refractivity contribution is -0.146. The van der Waals surface area contributed by atoms with Gasteiger partial charge in [-0.25, -0.2) is 5.01 Å². The molecule has 6 nitrogen and oxygen atoms in total. The van der Waals surface area contributed by atoms with E-state index in [0.717, 1.165) is 5.56 Å². The fourth-order valence-electron chi connectivity index (χ4n) is 2.64. The van der Waals surface area contributed by atoms with Crippen LogP contribution in [0.2, 0.25) is 0 Å². The van der Waals surface area contributed by atoms with Crippen molar-refractivity contribution in [3.05, 3.63) is 71.8 Å². The van der Waals surface area contributed by atoms with Gasteiger partial charge in [-0.2, -0.15) is 0 Å². The molecule has 2 aromatic carbocycles. The van der Waals surface area contributed by atoms with Gasteiger partial charge in [0.05, 0.1) is 6.04 Å². The standard InChI is InChI=1S/C20H18ClN3O3/c1-13(25)22-16-10-8-15(9-11-16)19(26)23-24-17(18(21)20(24)27)12-7-14-5-3-2-4-6-14/h2-12,17-18H,1H3,(H,22,25)(H,23,26)/b12-7+. The first kappa shape index (κ1) is 18.7. The number of hydrogen-bond donors (Lipinski definition) is 2. The number of amides is 3. The molecule has 138 valence electrons. The fraction of sp³-hybridized carbons (Fsp3) is 0.150. The molecule has 1 fully saturated rings. The highest BCUT2D eigenvalue weighted by Gasteiger charge is 2.45. The minimum absolute atomic E-state index is 0.195. The molecule has 7 heteroatoms. The molecule has 2 unspecified atom stereocenters. The lowest BCUT2D eigenvalue weighted by Gasteiger charge is -2.42. The van der Waals surface area contributed by atoms with E-state index in [1.54, 1.807) is 30.3 Å². The van der Waals surface area contributed by atoms with E-state index in [9.17, 15) is 14.4 Å². The second-order valence-corrected chi connectivity index (χ2v) is 6.54. The summed E-state index contributed by atoms with van der Waals surface area (Å²) in [5, 5.41) is 3.13. The van der Waals surface area contributed by atoms with Crippen molar-refractivity contribution < 1.29 is 14.4 Å². The van der Waals surface area contributed by atoms with Gasteiger partial charge in [0, 0.05) is 18.2 Å². The van der Waals surface area contributed by atoms with E-state index in [2.05, 4.69) is 10.7 Å². The molecule has 1 aliphatic rings. The van der Waals surface area contributed by atoms with Gasteiger partial charge >= 0.3 is 0 Å². The van der Waals surface area contributed by atoms with E-state index in [0.29, 0.717) is 11.3 Å². The number of rotatable bonds is 5. The van der Waals surface area contributed by atoms with Crippen LogP contribution in [0.25, 0.3) is 6.08 Å². The molecule has 0 bridgehead atoms. The van der Waals surface area contributed by atoms with E-state index in [-0.39, 0.29) is 11.8 Å². The summed E-state index contributed by atoms with van der Waals surface area (Å²) < 4.78 is 0. The van der Waals surface area contributed by atoms with Crippen LogP contribution < -0.4 is 10.7 Å². The summed E-state index contributed by atoms with van der Waals surface area (Å²) in [5.41, 5.74) is 4.50. The first-order valence-electron chi connectivity index (χ1n) is 8.35. The topological polar surface area (TPSA) is 78.5 Å². The van der Waals surface area contributed by atoms with Crippen LogP contribution >= 0.6 is 11.6 Å². The number of nitrogens with zero attached hydrogens (tertiary/aromatic N) is 1. The van der Waals surface area contributed by atoms with Crippen LogP contribution in [0.15, 0.2) is 60.7 Å². The zero-order valence-electron chi connectivity index (χ0n) is 14.6. The van der Waals surface area contributed by atoms with E-state index in [1.165, 1.54) is 11.9 Å². The SMILES string of the molecule is CC(=O)Nc1ccc(C(=O)NN2C(=O)C(Cl)C2/C=C/c2ccccc2)cc1. The highest BCUT2D eigenvalue weighted by Crippen LogP contribution is 2.25. The molecule has 1 heterocycles. The van der Waals surface area contributed by atoms with Crippen molar-refractivity contribution in [2.45, 2.75) is 18.3 Å². The Bertz CT molecular complexity index is 881. The number of carbonyl (C=O) groups excluding carboxylic acids is 3. The van der Waals surface area contributed by atoms with Crippen molar-refractivity contribution in [2.24, 2.45) is 0 Å². The average Bonchev–Trinajstić information content (AvgIpc) is 2.67. The summed E-state index contributed by atoms with van der Waals surface area (Å²) >= 11 is 6.09. The Kier molecular flexibility index (Phi) is 5.57. The molecule has 1 saturated heterocycles. The number of benzene rings is 2. The summed E-state index contributed by atoms with van der Waals surface area (Å²) in [4.78, 5) is 35.5. The van der Waals surface area contributed by atoms with Crippen LogP contribution in [0.1, 0.15) is 22.8 Å². The van der Waals surface area contributed by atoms with Crippen molar-refractivity contribution in [3.8, 4) is 0 Å².